The van der Waals surface area contributed by atoms with Crippen LogP contribution in [0.15, 0.2) is 48.8 Å². The molecule has 0 aliphatic rings. The van der Waals surface area contributed by atoms with Gasteiger partial charge in [-0.15, -0.1) is 0 Å². The van der Waals surface area contributed by atoms with E-state index >= 15 is 0 Å². The van der Waals surface area contributed by atoms with Crippen molar-refractivity contribution in [3.05, 3.63) is 48.8 Å². The molecule has 62 valence electrons. The molecule has 2 rings (SSSR count). The molecule has 1 aromatic heterocycles. The molecule has 2 heteroatoms. The molecule has 0 spiro atoms. The Bertz CT molecular complexity index is 435. The maximum atomic E-state index is 8.61. The van der Waals surface area contributed by atoms with Crippen molar-refractivity contribution in [1.29, 1.82) is 5.26 Å². The lowest BCUT2D eigenvalue weighted by atomic mass is 10.1. The number of hydrogen-bond donors (Lipinski definition) is 0. The highest BCUT2D eigenvalue weighted by molar-refractivity contribution is 5.62. The van der Waals surface area contributed by atoms with Crippen LogP contribution in [0.3, 0.4) is 0 Å². The fourth-order valence-electron chi connectivity index (χ4n) is 1.26. The lowest BCUT2D eigenvalue weighted by Crippen LogP contribution is -1.78. The normalized spacial score (nSPS) is 9.46. The summed E-state index contributed by atoms with van der Waals surface area (Å²) >= 11 is 0. The second-order valence-corrected chi connectivity index (χ2v) is 2.77. The topological polar surface area (TPSA) is 28.7 Å². The minimum atomic E-state index is 1.07. The van der Waals surface area contributed by atoms with E-state index in [9.17, 15) is 0 Å². The van der Waals surface area contributed by atoms with Crippen molar-refractivity contribution >= 4 is 0 Å². The Morgan fingerprint density at radius 1 is 1.00 bits per heavy atom. The Hall–Kier alpha value is -2.01. The molecule has 2 aromatic rings. The molecule has 0 saturated carbocycles. The molecular formula is C11H8N2. The smallest absolute Gasteiger partial charge is 0.188 e. The van der Waals surface area contributed by atoms with Gasteiger partial charge in [0.05, 0.1) is 0 Å². The van der Waals surface area contributed by atoms with Gasteiger partial charge in [0, 0.05) is 18.0 Å². The van der Waals surface area contributed by atoms with Crippen LogP contribution in [0.5, 0.6) is 0 Å². The lowest BCUT2D eigenvalue weighted by Gasteiger charge is -1.94. The summed E-state index contributed by atoms with van der Waals surface area (Å²) in [6.07, 6.45) is 5.60. The van der Waals surface area contributed by atoms with Crippen LogP contribution in [0, 0.1) is 11.5 Å². The number of hydrogen-bond acceptors (Lipinski definition) is 1. The first-order valence-electron chi connectivity index (χ1n) is 4.03. The molecule has 0 atom stereocenters. The van der Waals surface area contributed by atoms with Crippen molar-refractivity contribution in [1.82, 2.24) is 4.57 Å². The summed E-state index contributed by atoms with van der Waals surface area (Å²) in [5, 5.41) is 8.61. The van der Waals surface area contributed by atoms with Crippen molar-refractivity contribution in [2.24, 2.45) is 0 Å². The molecule has 2 nitrogen and oxygen atoms in total. The molecule has 0 N–H and O–H groups in total. The average molecular weight is 168 g/mol. The first-order chi connectivity index (χ1) is 6.40. The van der Waals surface area contributed by atoms with E-state index in [1.54, 1.807) is 6.20 Å². The van der Waals surface area contributed by atoms with Crippen LogP contribution in [-0.2, 0) is 0 Å². The fraction of sp³-hybridized carbons (Fsp3) is 0. The second kappa shape index (κ2) is 3.16. The molecule has 0 amide bonds. The quantitative estimate of drug-likeness (QED) is 0.643. The van der Waals surface area contributed by atoms with Crippen LogP contribution in [0.1, 0.15) is 0 Å². The van der Waals surface area contributed by atoms with Crippen LogP contribution in [0.25, 0.3) is 11.1 Å². The van der Waals surface area contributed by atoms with Gasteiger partial charge in [-0.1, -0.05) is 30.3 Å². The third kappa shape index (κ3) is 1.45. The molecule has 1 heterocycles. The maximum absolute atomic E-state index is 8.61. The number of nitrogens with zero attached hydrogens (tertiary/aromatic N) is 2. The van der Waals surface area contributed by atoms with Crippen molar-refractivity contribution in [2.75, 3.05) is 0 Å². The van der Waals surface area contributed by atoms with Gasteiger partial charge in [0.2, 0.25) is 0 Å². The van der Waals surface area contributed by atoms with E-state index < -0.39 is 0 Å². The first-order valence-corrected chi connectivity index (χ1v) is 4.03. The van der Waals surface area contributed by atoms with E-state index in [2.05, 4.69) is 0 Å². The highest BCUT2D eigenvalue weighted by Gasteiger charge is 1.97. The third-order valence-corrected chi connectivity index (χ3v) is 1.92. The van der Waals surface area contributed by atoms with Crippen molar-refractivity contribution < 1.29 is 0 Å². The Balaban J connectivity index is 2.43. The van der Waals surface area contributed by atoms with E-state index in [1.165, 1.54) is 4.57 Å². The Morgan fingerprint density at radius 3 is 2.38 bits per heavy atom. The maximum Gasteiger partial charge on any atom is 0.188 e. The molecule has 0 radical (unpaired) electrons. The van der Waals surface area contributed by atoms with Gasteiger partial charge in [0.15, 0.2) is 6.19 Å². The summed E-state index contributed by atoms with van der Waals surface area (Å²) in [6, 6.07) is 11.9. The number of nitriles is 1. The SMILES string of the molecule is N#Cn1ccc(-c2ccccc2)c1. The zero-order chi connectivity index (χ0) is 9.10. The van der Waals surface area contributed by atoms with Crippen molar-refractivity contribution in [2.45, 2.75) is 0 Å². The molecule has 0 unspecified atom stereocenters. The predicted molar refractivity (Wildman–Crippen MR) is 50.9 cm³/mol. The summed E-state index contributed by atoms with van der Waals surface area (Å²) in [4.78, 5) is 0. The van der Waals surface area contributed by atoms with Gasteiger partial charge >= 0.3 is 0 Å². The van der Waals surface area contributed by atoms with Crippen LogP contribution in [0.2, 0.25) is 0 Å². The molecule has 1 aromatic carbocycles. The van der Waals surface area contributed by atoms with Gasteiger partial charge in [-0.3, -0.25) is 4.57 Å². The molecule has 0 aliphatic carbocycles. The summed E-state index contributed by atoms with van der Waals surface area (Å²) in [5.74, 6) is 0. The van der Waals surface area contributed by atoms with Gasteiger partial charge in [0.1, 0.15) is 0 Å². The zero-order valence-corrected chi connectivity index (χ0v) is 7.01. The molecule has 13 heavy (non-hydrogen) atoms. The molecular weight excluding hydrogens is 160 g/mol. The standard InChI is InChI=1S/C11H8N2/c12-9-13-7-6-11(8-13)10-4-2-1-3-5-10/h1-8H. The van der Waals surface area contributed by atoms with E-state index in [0.717, 1.165) is 11.1 Å². The molecule has 0 saturated heterocycles. The van der Waals surface area contributed by atoms with Gasteiger partial charge in [0.25, 0.3) is 0 Å². The van der Waals surface area contributed by atoms with E-state index in [-0.39, 0.29) is 0 Å². The predicted octanol–water partition coefficient (Wildman–Crippen LogP) is 2.48. The van der Waals surface area contributed by atoms with Crippen LogP contribution >= 0.6 is 0 Å². The summed E-state index contributed by atoms with van der Waals surface area (Å²) in [7, 11) is 0. The van der Waals surface area contributed by atoms with Gasteiger partial charge in [-0.05, 0) is 11.6 Å². The zero-order valence-electron chi connectivity index (χ0n) is 7.01. The van der Waals surface area contributed by atoms with Crippen LogP contribution in [0.4, 0.5) is 0 Å². The van der Waals surface area contributed by atoms with Gasteiger partial charge in [-0.2, -0.15) is 5.26 Å². The van der Waals surface area contributed by atoms with Crippen LogP contribution in [-0.4, -0.2) is 4.57 Å². The largest absolute Gasteiger partial charge is 0.262 e. The van der Waals surface area contributed by atoms with E-state index in [0.29, 0.717) is 0 Å². The molecule has 0 aliphatic heterocycles. The van der Waals surface area contributed by atoms with E-state index in [1.807, 2.05) is 48.8 Å². The number of rotatable bonds is 1. The fourth-order valence-corrected chi connectivity index (χ4v) is 1.26. The Kier molecular flexibility index (Phi) is 1.85. The molecule has 0 bridgehead atoms. The minimum absolute atomic E-state index is 1.07. The highest BCUT2D eigenvalue weighted by atomic mass is 14.9. The third-order valence-electron chi connectivity index (χ3n) is 1.92. The summed E-state index contributed by atoms with van der Waals surface area (Å²) in [6.45, 7) is 0. The van der Waals surface area contributed by atoms with Gasteiger partial charge in [-0.25, -0.2) is 0 Å². The van der Waals surface area contributed by atoms with Gasteiger partial charge < -0.3 is 0 Å². The van der Waals surface area contributed by atoms with Crippen molar-refractivity contribution in [3.63, 3.8) is 0 Å². The Morgan fingerprint density at radius 2 is 1.77 bits per heavy atom. The van der Waals surface area contributed by atoms with Crippen molar-refractivity contribution in [3.8, 4) is 17.3 Å². The summed E-state index contributed by atoms with van der Waals surface area (Å²) in [5.41, 5.74) is 2.21. The number of aromatic nitrogens is 1. The molecule has 0 fully saturated rings. The minimum Gasteiger partial charge on any atom is -0.262 e. The summed E-state index contributed by atoms with van der Waals surface area (Å²) < 4.78 is 1.49. The monoisotopic (exact) mass is 168 g/mol. The van der Waals surface area contributed by atoms with Crippen LogP contribution < -0.4 is 0 Å². The lowest BCUT2D eigenvalue weighted by molar-refractivity contribution is 1.10. The second-order valence-electron chi connectivity index (χ2n) is 2.77. The first kappa shape index (κ1) is 7.63. The van der Waals surface area contributed by atoms with E-state index in [4.69, 9.17) is 5.26 Å². The Labute approximate surface area is 76.7 Å². The average Bonchev–Trinajstić information content (AvgIpc) is 2.67. The highest BCUT2D eigenvalue weighted by Crippen LogP contribution is 2.18. The number of benzene rings is 1.